The fraction of sp³-hybridized carbons (Fsp3) is 0.143. The van der Waals surface area contributed by atoms with Gasteiger partial charge in [0.15, 0.2) is 0 Å². The number of allylic oxidation sites excluding steroid dienone is 12. The molecule has 0 saturated carbocycles. The van der Waals surface area contributed by atoms with Crippen LogP contribution in [0.4, 0.5) is 0 Å². The molecule has 1 aromatic heterocycles. The molecular weight excluding hydrogens is 621 g/mol. The molecule has 7 aromatic rings. The Hall–Kier alpha value is -5.24. The molecule has 6 aromatic carbocycles. The highest BCUT2D eigenvalue weighted by atomic mass is 32.1. The maximum atomic E-state index is 2.54. The van der Waals surface area contributed by atoms with Gasteiger partial charge in [0, 0.05) is 43.3 Å². The Bertz CT molecular complexity index is 2770. The highest BCUT2D eigenvalue weighted by molar-refractivity contribution is 7.25. The topological polar surface area (TPSA) is 0 Å². The van der Waals surface area contributed by atoms with Crippen LogP contribution in [-0.4, -0.2) is 0 Å². The fourth-order valence-corrected chi connectivity index (χ4v) is 11.0. The van der Waals surface area contributed by atoms with Crippen LogP contribution < -0.4 is 0 Å². The summed E-state index contributed by atoms with van der Waals surface area (Å²) in [4.78, 5) is 0. The summed E-state index contributed by atoms with van der Waals surface area (Å²) in [5.41, 5.74) is 10.2. The molecule has 0 N–H and O–H groups in total. The lowest BCUT2D eigenvalue weighted by molar-refractivity contribution is 0.615. The van der Waals surface area contributed by atoms with Crippen LogP contribution in [0.15, 0.2) is 157 Å². The molecule has 1 heterocycles. The Morgan fingerprint density at radius 2 is 1.24 bits per heavy atom. The number of benzene rings is 6. The fourth-order valence-electron chi connectivity index (χ4n) is 9.89. The first-order valence-corrected chi connectivity index (χ1v) is 18.8. The molecule has 0 aliphatic heterocycles. The van der Waals surface area contributed by atoms with E-state index in [1.165, 1.54) is 85.9 Å². The zero-order valence-electron chi connectivity index (χ0n) is 28.3. The average molecular weight is 657 g/mol. The number of hydrogen-bond donors (Lipinski definition) is 0. The summed E-state index contributed by atoms with van der Waals surface area (Å²) in [5.74, 6) is 1.11. The second-order valence-electron chi connectivity index (χ2n) is 15.1. The van der Waals surface area contributed by atoms with Crippen molar-refractivity contribution in [2.45, 2.75) is 31.6 Å². The van der Waals surface area contributed by atoms with Gasteiger partial charge < -0.3 is 0 Å². The number of fused-ring (bicyclic) bond motifs is 10. The van der Waals surface area contributed by atoms with Crippen LogP contribution in [0, 0.1) is 11.8 Å². The minimum atomic E-state index is -0.0151. The molecule has 0 saturated heterocycles. The van der Waals surface area contributed by atoms with Crippen LogP contribution in [-0.2, 0) is 5.41 Å². The Morgan fingerprint density at radius 1 is 0.580 bits per heavy atom. The van der Waals surface area contributed by atoms with Crippen LogP contribution in [0.2, 0.25) is 0 Å². The van der Waals surface area contributed by atoms with E-state index in [4.69, 9.17) is 0 Å². The second-order valence-corrected chi connectivity index (χ2v) is 16.2. The van der Waals surface area contributed by atoms with Gasteiger partial charge in [0.1, 0.15) is 0 Å². The predicted molar refractivity (Wildman–Crippen MR) is 217 cm³/mol. The van der Waals surface area contributed by atoms with Crippen molar-refractivity contribution >= 4 is 75.0 Å². The lowest BCUT2D eigenvalue weighted by atomic mass is 9.73. The molecular formula is C49H36S. The lowest BCUT2D eigenvalue weighted by Crippen LogP contribution is -2.18. The highest BCUT2D eigenvalue weighted by Gasteiger charge is 2.43. The van der Waals surface area contributed by atoms with Gasteiger partial charge in [0.25, 0.3) is 0 Å². The average Bonchev–Trinajstić information content (AvgIpc) is 3.62. The van der Waals surface area contributed by atoms with E-state index in [1.54, 1.807) is 5.57 Å². The van der Waals surface area contributed by atoms with Gasteiger partial charge in [-0.1, -0.05) is 147 Å². The first-order valence-electron chi connectivity index (χ1n) is 18.0. The first-order chi connectivity index (χ1) is 24.5. The van der Waals surface area contributed by atoms with Gasteiger partial charge in [-0.05, 0) is 96.4 Å². The second kappa shape index (κ2) is 10.4. The van der Waals surface area contributed by atoms with Gasteiger partial charge >= 0.3 is 0 Å². The van der Waals surface area contributed by atoms with E-state index in [0.29, 0.717) is 17.8 Å². The molecule has 0 amide bonds. The molecule has 11 rings (SSSR count). The predicted octanol–water partition coefficient (Wildman–Crippen LogP) is 13.6. The third-order valence-electron chi connectivity index (χ3n) is 12.2. The molecule has 4 aliphatic carbocycles. The van der Waals surface area contributed by atoms with Crippen molar-refractivity contribution < 1.29 is 0 Å². The quantitative estimate of drug-likeness (QED) is 0.162. The largest absolute Gasteiger partial charge is 0.135 e. The van der Waals surface area contributed by atoms with Gasteiger partial charge in [-0.2, -0.15) is 0 Å². The van der Waals surface area contributed by atoms with E-state index in [-0.39, 0.29) is 5.41 Å². The normalized spacial score (nSPS) is 21.8. The zero-order chi connectivity index (χ0) is 33.1. The van der Waals surface area contributed by atoms with E-state index in [1.807, 2.05) is 11.3 Å². The van der Waals surface area contributed by atoms with E-state index in [2.05, 4.69) is 166 Å². The van der Waals surface area contributed by atoms with Crippen molar-refractivity contribution in [2.75, 3.05) is 0 Å². The monoisotopic (exact) mass is 656 g/mol. The van der Waals surface area contributed by atoms with Gasteiger partial charge in [-0.3, -0.25) is 0 Å². The molecule has 0 nitrogen and oxygen atoms in total. The van der Waals surface area contributed by atoms with E-state index >= 15 is 0 Å². The van der Waals surface area contributed by atoms with E-state index in [0.717, 1.165) is 6.42 Å². The van der Waals surface area contributed by atoms with Crippen molar-refractivity contribution in [2.24, 2.45) is 11.8 Å². The summed E-state index contributed by atoms with van der Waals surface area (Å²) >= 11 is 1.91. The third-order valence-corrected chi connectivity index (χ3v) is 13.4. The van der Waals surface area contributed by atoms with Gasteiger partial charge in [-0.15, -0.1) is 11.3 Å². The Kier molecular flexibility index (Phi) is 5.94. The summed E-state index contributed by atoms with van der Waals surface area (Å²) in [6, 6.07) is 37.1. The highest BCUT2D eigenvalue weighted by Crippen LogP contribution is 2.57. The molecule has 0 spiro atoms. The van der Waals surface area contributed by atoms with Gasteiger partial charge in [-0.25, -0.2) is 0 Å². The smallest absolute Gasteiger partial charge is 0.0361 e. The number of rotatable bonds is 2. The molecule has 0 fully saturated rings. The van der Waals surface area contributed by atoms with Crippen LogP contribution in [0.1, 0.15) is 48.4 Å². The zero-order valence-corrected chi connectivity index (χ0v) is 29.1. The molecule has 50 heavy (non-hydrogen) atoms. The number of hydrogen-bond acceptors (Lipinski definition) is 1. The SMILES string of the molecule is CC1(C)C2=CC=C(c3c4ccccc4c(C4=CC=CC5C=CC=CC45)c4ccccc34)CC2c2cc3cc4c(cc3cc21)sc1ccccc14. The lowest BCUT2D eigenvalue weighted by Gasteiger charge is -2.31. The van der Waals surface area contributed by atoms with E-state index in [9.17, 15) is 0 Å². The Morgan fingerprint density at radius 3 is 2.02 bits per heavy atom. The minimum absolute atomic E-state index is 0.0151. The summed E-state index contributed by atoms with van der Waals surface area (Å²) in [7, 11) is 0. The molecule has 238 valence electrons. The first kappa shape index (κ1) is 28.6. The number of thiophene rings is 1. The van der Waals surface area contributed by atoms with Crippen LogP contribution in [0.3, 0.4) is 0 Å². The van der Waals surface area contributed by atoms with Crippen LogP contribution in [0.5, 0.6) is 0 Å². The van der Waals surface area contributed by atoms with Crippen LogP contribution >= 0.6 is 11.3 Å². The van der Waals surface area contributed by atoms with Gasteiger partial charge in [0.2, 0.25) is 0 Å². The van der Waals surface area contributed by atoms with Crippen molar-refractivity contribution in [3.05, 3.63) is 180 Å². The van der Waals surface area contributed by atoms with Gasteiger partial charge in [0.05, 0.1) is 0 Å². The van der Waals surface area contributed by atoms with Crippen molar-refractivity contribution in [3.8, 4) is 0 Å². The molecule has 3 atom stereocenters. The summed E-state index contributed by atoms with van der Waals surface area (Å²) in [6.07, 6.45) is 22.1. The third kappa shape index (κ3) is 3.93. The van der Waals surface area contributed by atoms with E-state index < -0.39 is 0 Å². The Balaban J connectivity index is 1.09. The van der Waals surface area contributed by atoms with Crippen LogP contribution in [0.25, 0.3) is 63.6 Å². The summed E-state index contributed by atoms with van der Waals surface area (Å²) < 4.78 is 2.75. The van der Waals surface area contributed by atoms with Crippen molar-refractivity contribution in [1.29, 1.82) is 0 Å². The maximum Gasteiger partial charge on any atom is 0.0361 e. The Labute approximate surface area is 296 Å². The molecule has 0 radical (unpaired) electrons. The molecule has 3 unspecified atom stereocenters. The molecule has 1 heteroatoms. The minimum Gasteiger partial charge on any atom is -0.135 e. The summed E-state index contributed by atoms with van der Waals surface area (Å²) in [5, 5.41) is 10.9. The van der Waals surface area contributed by atoms with Crippen molar-refractivity contribution in [1.82, 2.24) is 0 Å². The molecule has 0 bridgehead atoms. The summed E-state index contributed by atoms with van der Waals surface area (Å²) in [6.45, 7) is 4.88. The van der Waals surface area contributed by atoms with Crippen molar-refractivity contribution in [3.63, 3.8) is 0 Å². The maximum absolute atomic E-state index is 2.54. The molecule has 4 aliphatic rings. The standard InChI is InChI=1S/C49H36S/c1-49(2)43-23-22-30(24-40(43)41-25-31-26-42-34-15-9-10-21-45(34)50-46(42)28-32(31)27-44(41)49)47-36-16-5-7-18-38(36)48(39-19-8-6-17-37(39)47)35-20-11-13-29-12-3-4-14-33(29)35/h3-23,25-29,33,40H,24H2,1-2H3.